The molecule has 7 nitrogen and oxygen atoms in total. The van der Waals surface area contributed by atoms with Crippen LogP contribution in [0.2, 0.25) is 0 Å². The molecule has 0 saturated carbocycles. The van der Waals surface area contributed by atoms with Crippen LogP contribution in [-0.2, 0) is 0 Å². The van der Waals surface area contributed by atoms with Gasteiger partial charge in [-0.2, -0.15) is 0 Å². The van der Waals surface area contributed by atoms with Crippen LogP contribution in [0.25, 0.3) is 15.6 Å². The Hall–Kier alpha value is -3.53. The molecule has 1 aromatic carbocycles. The normalized spacial score (nSPS) is 17.1. The summed E-state index contributed by atoms with van der Waals surface area (Å²) in [5, 5.41) is 1.81. The minimum Gasteiger partial charge on any atom is -0.287 e. The van der Waals surface area contributed by atoms with Crippen LogP contribution >= 0.6 is 0 Å². The Balaban J connectivity index is 1.80. The number of anilines is 2. The van der Waals surface area contributed by atoms with Gasteiger partial charge in [0.25, 0.3) is 0 Å². The molecule has 1 atom stereocenters. The Morgan fingerprint density at radius 3 is 2.68 bits per heavy atom. The molecule has 7 heteroatoms. The molecule has 4 rings (SSSR count). The third-order valence-corrected chi connectivity index (χ3v) is 4.22. The molecule has 0 aliphatic carbocycles. The summed E-state index contributed by atoms with van der Waals surface area (Å²) in [7, 11) is 0. The van der Waals surface area contributed by atoms with E-state index in [1.807, 2.05) is 24.3 Å². The monoisotopic (exact) mass is 330 g/mol. The maximum atomic E-state index is 13.0. The van der Waals surface area contributed by atoms with Gasteiger partial charge in [0.1, 0.15) is 12.4 Å². The number of carbonyl (C=O) groups excluding carboxylic acids is 1. The van der Waals surface area contributed by atoms with Gasteiger partial charge in [0.2, 0.25) is 0 Å². The molecule has 25 heavy (non-hydrogen) atoms. The largest absolute Gasteiger partial charge is 0.335 e. The van der Waals surface area contributed by atoms with Crippen molar-refractivity contribution in [3.63, 3.8) is 0 Å². The van der Waals surface area contributed by atoms with Gasteiger partial charge in [-0.25, -0.2) is 26.2 Å². The highest BCUT2D eigenvalue weighted by Gasteiger charge is 2.44. The molecular weight excluding hydrogens is 316 g/mol. The second-order valence-corrected chi connectivity index (χ2v) is 5.74. The average molecular weight is 330 g/mol. The summed E-state index contributed by atoms with van der Waals surface area (Å²) in [6.07, 6.45) is 5.96. The molecule has 122 valence electrons. The number of rotatable bonds is 2. The van der Waals surface area contributed by atoms with Crippen molar-refractivity contribution in [1.29, 1.82) is 0 Å². The van der Waals surface area contributed by atoms with Crippen molar-refractivity contribution < 1.29 is 4.79 Å². The van der Waals surface area contributed by atoms with Gasteiger partial charge in [0.15, 0.2) is 0 Å². The lowest BCUT2D eigenvalue weighted by molar-refractivity contribution is 0.255. The zero-order valence-corrected chi connectivity index (χ0v) is 13.5. The fraction of sp³-hybridized carbons (Fsp3) is 0.167. The van der Waals surface area contributed by atoms with Crippen LogP contribution in [0.15, 0.2) is 49.1 Å². The number of fused-ring (bicyclic) bond motifs is 1. The summed E-state index contributed by atoms with van der Waals surface area (Å²) in [6.45, 7) is 9.56. The van der Waals surface area contributed by atoms with E-state index in [2.05, 4.69) is 19.8 Å². The fourth-order valence-electron chi connectivity index (χ4n) is 2.98. The van der Waals surface area contributed by atoms with E-state index in [0.717, 1.165) is 10.8 Å². The number of benzene rings is 1. The van der Waals surface area contributed by atoms with Gasteiger partial charge in [0, 0.05) is 17.0 Å². The van der Waals surface area contributed by atoms with Crippen LogP contribution < -0.4 is 9.80 Å². The van der Waals surface area contributed by atoms with E-state index in [0.29, 0.717) is 17.2 Å². The number of aromatic nitrogens is 3. The molecule has 1 aliphatic rings. The number of carbonyl (C=O) groups is 1. The molecule has 3 heterocycles. The molecular formula is C18H14N6O. The van der Waals surface area contributed by atoms with Gasteiger partial charge >= 0.3 is 12.2 Å². The Morgan fingerprint density at radius 1 is 1.16 bits per heavy atom. The molecule has 0 unspecified atom stereocenters. The predicted molar refractivity (Wildman–Crippen MR) is 94.1 cm³/mol. The SMILES string of the molecule is [C-]#[N+][C@H]1CN(c2cnc(C)nc2)C(=O)N1c1cncc2ccccc12. The first kappa shape index (κ1) is 15.0. The maximum absolute atomic E-state index is 13.0. The lowest BCUT2D eigenvalue weighted by Gasteiger charge is -2.18. The highest BCUT2D eigenvalue weighted by molar-refractivity contribution is 6.11. The summed E-state index contributed by atoms with van der Waals surface area (Å²) >= 11 is 0. The zero-order chi connectivity index (χ0) is 17.4. The van der Waals surface area contributed by atoms with Crippen LogP contribution in [-0.4, -0.2) is 33.7 Å². The summed E-state index contributed by atoms with van der Waals surface area (Å²) in [6, 6.07) is 7.42. The standard InChI is InChI=1S/C18H14N6O/c1-12-21-8-14(9-22-12)23-11-17(19-2)24(18(23)25)16-10-20-7-13-5-3-4-6-15(13)16/h3-10,17H,11H2,1H3/t17-/m1/s1. The first-order chi connectivity index (χ1) is 12.2. The van der Waals surface area contributed by atoms with Gasteiger partial charge in [-0.1, -0.05) is 24.3 Å². The number of hydrogen-bond donors (Lipinski definition) is 0. The lowest BCUT2D eigenvalue weighted by Crippen LogP contribution is -2.34. The number of pyridine rings is 1. The van der Waals surface area contributed by atoms with Crippen molar-refractivity contribution in [2.45, 2.75) is 13.1 Å². The van der Waals surface area contributed by atoms with E-state index in [9.17, 15) is 4.79 Å². The second kappa shape index (κ2) is 5.83. The zero-order valence-electron chi connectivity index (χ0n) is 13.5. The number of nitrogens with zero attached hydrogens (tertiary/aromatic N) is 6. The Bertz CT molecular complexity index is 989. The number of aryl methyl sites for hydroxylation is 1. The lowest BCUT2D eigenvalue weighted by atomic mass is 10.1. The summed E-state index contributed by atoms with van der Waals surface area (Å²) in [4.78, 5) is 32.2. The molecule has 1 aliphatic heterocycles. The Labute approximate surface area is 144 Å². The van der Waals surface area contributed by atoms with E-state index in [-0.39, 0.29) is 12.6 Å². The van der Waals surface area contributed by atoms with Crippen LogP contribution in [0, 0.1) is 13.5 Å². The van der Waals surface area contributed by atoms with E-state index in [4.69, 9.17) is 6.57 Å². The minimum atomic E-state index is -0.624. The smallest absolute Gasteiger partial charge is 0.287 e. The van der Waals surface area contributed by atoms with Crippen LogP contribution in [0.1, 0.15) is 5.82 Å². The van der Waals surface area contributed by atoms with Gasteiger partial charge in [-0.05, 0) is 6.92 Å². The van der Waals surface area contributed by atoms with E-state index < -0.39 is 6.17 Å². The van der Waals surface area contributed by atoms with E-state index in [1.165, 1.54) is 9.80 Å². The van der Waals surface area contributed by atoms with Gasteiger partial charge in [-0.3, -0.25) is 14.7 Å². The fourth-order valence-corrected chi connectivity index (χ4v) is 2.98. The Kier molecular flexibility index (Phi) is 3.51. The number of amides is 2. The van der Waals surface area contributed by atoms with Crippen molar-refractivity contribution in [2.75, 3.05) is 16.3 Å². The third-order valence-electron chi connectivity index (χ3n) is 4.22. The first-order valence-electron chi connectivity index (χ1n) is 7.78. The van der Waals surface area contributed by atoms with Crippen LogP contribution in [0.4, 0.5) is 16.2 Å². The number of hydrogen-bond acceptors (Lipinski definition) is 4. The minimum absolute atomic E-state index is 0.262. The van der Waals surface area contributed by atoms with Crippen molar-refractivity contribution in [2.24, 2.45) is 0 Å². The molecule has 1 fully saturated rings. The summed E-state index contributed by atoms with van der Waals surface area (Å²) in [5.41, 5.74) is 1.22. The van der Waals surface area contributed by atoms with E-state index >= 15 is 0 Å². The molecule has 3 aromatic rings. The molecule has 2 aromatic heterocycles. The quantitative estimate of drug-likeness (QED) is 0.678. The molecule has 0 spiro atoms. The average Bonchev–Trinajstić information content (AvgIpc) is 2.98. The summed E-state index contributed by atoms with van der Waals surface area (Å²) in [5.74, 6) is 0.632. The Morgan fingerprint density at radius 2 is 1.92 bits per heavy atom. The molecule has 2 amide bonds. The number of urea groups is 1. The van der Waals surface area contributed by atoms with Crippen molar-refractivity contribution in [3.8, 4) is 0 Å². The molecule has 0 bridgehead atoms. The van der Waals surface area contributed by atoms with Crippen molar-refractivity contribution in [3.05, 3.63) is 66.3 Å². The van der Waals surface area contributed by atoms with Crippen LogP contribution in [0.5, 0.6) is 0 Å². The molecule has 0 N–H and O–H groups in total. The predicted octanol–water partition coefficient (Wildman–Crippen LogP) is 3.03. The van der Waals surface area contributed by atoms with Crippen molar-refractivity contribution >= 4 is 28.2 Å². The van der Waals surface area contributed by atoms with Gasteiger partial charge < -0.3 is 0 Å². The maximum Gasteiger partial charge on any atom is 0.335 e. The topological polar surface area (TPSA) is 66.6 Å². The third kappa shape index (κ3) is 2.44. The molecule has 0 radical (unpaired) electrons. The first-order valence-corrected chi connectivity index (χ1v) is 7.78. The highest BCUT2D eigenvalue weighted by atomic mass is 16.2. The second-order valence-electron chi connectivity index (χ2n) is 5.74. The van der Waals surface area contributed by atoms with Crippen molar-refractivity contribution in [1.82, 2.24) is 15.0 Å². The van der Waals surface area contributed by atoms with Gasteiger partial charge in [0.05, 0.1) is 30.0 Å². The van der Waals surface area contributed by atoms with E-state index in [1.54, 1.807) is 31.7 Å². The molecule has 1 saturated heterocycles. The van der Waals surface area contributed by atoms with Gasteiger partial charge in [-0.15, -0.1) is 0 Å². The van der Waals surface area contributed by atoms with Crippen LogP contribution in [0.3, 0.4) is 0 Å². The highest BCUT2D eigenvalue weighted by Crippen LogP contribution is 2.33. The summed E-state index contributed by atoms with van der Waals surface area (Å²) < 4.78 is 0.